The largest absolute Gasteiger partial charge is 0.369 e. The van der Waals surface area contributed by atoms with Gasteiger partial charge in [-0.25, -0.2) is 9.97 Å². The standard InChI is InChI=1S/C14H15BrN4O/c1-3-16-13-8-17-12(7-18-13)14(20)19-11-6-9(2)4-5-10(11)15/h4-8H,3H2,1-2H3,(H,16,18)(H,19,20). The van der Waals surface area contributed by atoms with Crippen molar-refractivity contribution in [2.75, 3.05) is 17.2 Å². The predicted molar refractivity (Wildman–Crippen MR) is 83.0 cm³/mol. The Morgan fingerprint density at radius 2 is 2.10 bits per heavy atom. The first kappa shape index (κ1) is 14.5. The van der Waals surface area contributed by atoms with E-state index >= 15 is 0 Å². The van der Waals surface area contributed by atoms with E-state index in [1.54, 1.807) is 6.20 Å². The van der Waals surface area contributed by atoms with Crippen LogP contribution >= 0.6 is 15.9 Å². The monoisotopic (exact) mass is 334 g/mol. The molecule has 2 N–H and O–H groups in total. The van der Waals surface area contributed by atoms with Gasteiger partial charge >= 0.3 is 0 Å². The molecule has 0 fully saturated rings. The van der Waals surface area contributed by atoms with Gasteiger partial charge in [0.05, 0.1) is 18.1 Å². The Bertz CT molecular complexity index is 613. The highest BCUT2D eigenvalue weighted by atomic mass is 79.9. The van der Waals surface area contributed by atoms with Gasteiger partial charge in [0.1, 0.15) is 11.5 Å². The number of aryl methyl sites for hydroxylation is 1. The van der Waals surface area contributed by atoms with Gasteiger partial charge in [-0.3, -0.25) is 4.79 Å². The third-order valence-electron chi connectivity index (χ3n) is 2.61. The number of anilines is 2. The van der Waals surface area contributed by atoms with Crippen LogP contribution in [0.1, 0.15) is 23.0 Å². The summed E-state index contributed by atoms with van der Waals surface area (Å²) in [5.41, 5.74) is 2.06. The molecule has 0 bridgehead atoms. The van der Waals surface area contributed by atoms with E-state index in [0.717, 1.165) is 16.6 Å². The Kier molecular flexibility index (Phi) is 4.68. The van der Waals surface area contributed by atoms with Crippen molar-refractivity contribution >= 4 is 33.3 Å². The normalized spacial score (nSPS) is 10.2. The average Bonchev–Trinajstić information content (AvgIpc) is 2.44. The lowest BCUT2D eigenvalue weighted by Crippen LogP contribution is -2.15. The number of amides is 1. The van der Waals surface area contributed by atoms with Crippen molar-refractivity contribution in [3.8, 4) is 0 Å². The minimum atomic E-state index is -0.285. The number of carbonyl (C=O) groups excluding carboxylic acids is 1. The van der Waals surface area contributed by atoms with Crippen LogP contribution in [0.3, 0.4) is 0 Å². The molecule has 0 atom stereocenters. The van der Waals surface area contributed by atoms with Crippen molar-refractivity contribution in [2.45, 2.75) is 13.8 Å². The van der Waals surface area contributed by atoms with E-state index in [1.165, 1.54) is 6.20 Å². The molecule has 0 radical (unpaired) electrons. The molecule has 20 heavy (non-hydrogen) atoms. The molecule has 104 valence electrons. The Labute approximate surface area is 126 Å². The van der Waals surface area contributed by atoms with Crippen molar-refractivity contribution in [2.24, 2.45) is 0 Å². The fourth-order valence-corrected chi connectivity index (χ4v) is 1.98. The zero-order valence-electron chi connectivity index (χ0n) is 11.3. The number of halogens is 1. The van der Waals surface area contributed by atoms with Crippen LogP contribution in [-0.2, 0) is 0 Å². The van der Waals surface area contributed by atoms with Crippen LogP contribution in [0.25, 0.3) is 0 Å². The van der Waals surface area contributed by atoms with Crippen LogP contribution in [0.2, 0.25) is 0 Å². The zero-order chi connectivity index (χ0) is 14.5. The van der Waals surface area contributed by atoms with E-state index in [9.17, 15) is 4.79 Å². The fourth-order valence-electron chi connectivity index (χ4n) is 1.64. The summed E-state index contributed by atoms with van der Waals surface area (Å²) < 4.78 is 0.827. The predicted octanol–water partition coefficient (Wildman–Crippen LogP) is 3.23. The number of nitrogens with zero attached hydrogens (tertiary/aromatic N) is 2. The lowest BCUT2D eigenvalue weighted by molar-refractivity contribution is 0.102. The first-order chi connectivity index (χ1) is 9.60. The van der Waals surface area contributed by atoms with E-state index in [2.05, 4.69) is 36.5 Å². The van der Waals surface area contributed by atoms with Gasteiger partial charge in [-0.05, 0) is 47.5 Å². The van der Waals surface area contributed by atoms with Gasteiger partial charge < -0.3 is 10.6 Å². The van der Waals surface area contributed by atoms with Gasteiger partial charge in [-0.2, -0.15) is 0 Å². The smallest absolute Gasteiger partial charge is 0.275 e. The third kappa shape index (κ3) is 3.54. The summed E-state index contributed by atoms with van der Waals surface area (Å²) in [7, 11) is 0. The van der Waals surface area contributed by atoms with E-state index in [0.29, 0.717) is 11.5 Å². The minimum Gasteiger partial charge on any atom is -0.369 e. The quantitative estimate of drug-likeness (QED) is 0.900. The summed E-state index contributed by atoms with van der Waals surface area (Å²) in [6, 6.07) is 5.75. The molecule has 0 aliphatic heterocycles. The molecule has 0 aliphatic rings. The van der Waals surface area contributed by atoms with Crippen molar-refractivity contribution in [1.82, 2.24) is 9.97 Å². The molecule has 1 aromatic heterocycles. The second kappa shape index (κ2) is 6.47. The molecule has 6 heteroatoms. The topological polar surface area (TPSA) is 66.9 Å². The van der Waals surface area contributed by atoms with Gasteiger partial charge in [0.2, 0.25) is 0 Å². The van der Waals surface area contributed by atoms with Crippen LogP contribution in [0.5, 0.6) is 0 Å². The van der Waals surface area contributed by atoms with Crippen molar-refractivity contribution < 1.29 is 4.79 Å². The molecule has 2 aromatic rings. The van der Waals surface area contributed by atoms with Gasteiger partial charge in [-0.1, -0.05) is 6.07 Å². The molecule has 0 unspecified atom stereocenters. The summed E-state index contributed by atoms with van der Waals surface area (Å²) in [4.78, 5) is 20.3. The van der Waals surface area contributed by atoms with Crippen LogP contribution in [0.15, 0.2) is 35.1 Å². The van der Waals surface area contributed by atoms with Gasteiger partial charge in [-0.15, -0.1) is 0 Å². The third-order valence-corrected chi connectivity index (χ3v) is 3.30. The Hall–Kier alpha value is -1.95. The number of hydrogen-bond donors (Lipinski definition) is 2. The molecule has 2 rings (SSSR count). The molecule has 0 aliphatic carbocycles. The first-order valence-corrected chi connectivity index (χ1v) is 7.03. The number of aromatic nitrogens is 2. The molecule has 1 heterocycles. The average molecular weight is 335 g/mol. The Morgan fingerprint density at radius 1 is 1.30 bits per heavy atom. The van der Waals surface area contributed by atoms with Gasteiger partial charge in [0.25, 0.3) is 5.91 Å². The Balaban J connectivity index is 2.13. The fraction of sp³-hybridized carbons (Fsp3) is 0.214. The maximum absolute atomic E-state index is 12.1. The number of benzene rings is 1. The van der Waals surface area contributed by atoms with Crippen LogP contribution in [-0.4, -0.2) is 22.4 Å². The first-order valence-electron chi connectivity index (χ1n) is 6.23. The van der Waals surface area contributed by atoms with Crippen molar-refractivity contribution in [1.29, 1.82) is 0 Å². The molecule has 1 aromatic carbocycles. The summed E-state index contributed by atoms with van der Waals surface area (Å²) in [5, 5.41) is 5.84. The van der Waals surface area contributed by atoms with Crippen molar-refractivity contribution in [3.05, 3.63) is 46.3 Å². The van der Waals surface area contributed by atoms with Crippen molar-refractivity contribution in [3.63, 3.8) is 0 Å². The lowest BCUT2D eigenvalue weighted by atomic mass is 10.2. The summed E-state index contributed by atoms with van der Waals surface area (Å²) in [5.74, 6) is 0.368. The summed E-state index contributed by atoms with van der Waals surface area (Å²) in [6.45, 7) is 4.70. The second-order valence-electron chi connectivity index (χ2n) is 4.25. The highest BCUT2D eigenvalue weighted by Gasteiger charge is 2.10. The van der Waals surface area contributed by atoms with Crippen LogP contribution in [0.4, 0.5) is 11.5 Å². The molecule has 0 spiro atoms. The SMILES string of the molecule is CCNc1cnc(C(=O)Nc2cc(C)ccc2Br)cn1. The maximum Gasteiger partial charge on any atom is 0.275 e. The number of rotatable bonds is 4. The molecule has 5 nitrogen and oxygen atoms in total. The molecular formula is C14H15BrN4O. The highest BCUT2D eigenvalue weighted by Crippen LogP contribution is 2.23. The molecule has 0 saturated heterocycles. The van der Waals surface area contributed by atoms with Gasteiger partial charge in [0.15, 0.2) is 0 Å². The van der Waals surface area contributed by atoms with Crippen LogP contribution < -0.4 is 10.6 Å². The second-order valence-corrected chi connectivity index (χ2v) is 5.11. The Morgan fingerprint density at radius 3 is 2.75 bits per heavy atom. The zero-order valence-corrected chi connectivity index (χ0v) is 12.9. The van der Waals surface area contributed by atoms with Crippen LogP contribution in [0, 0.1) is 6.92 Å². The maximum atomic E-state index is 12.1. The van der Waals surface area contributed by atoms with E-state index < -0.39 is 0 Å². The molecule has 1 amide bonds. The van der Waals surface area contributed by atoms with E-state index in [4.69, 9.17) is 0 Å². The van der Waals surface area contributed by atoms with Gasteiger partial charge in [0, 0.05) is 11.0 Å². The lowest BCUT2D eigenvalue weighted by Gasteiger charge is -2.08. The number of carbonyl (C=O) groups is 1. The highest BCUT2D eigenvalue weighted by molar-refractivity contribution is 9.10. The minimum absolute atomic E-state index is 0.278. The van der Waals surface area contributed by atoms with E-state index in [1.807, 2.05) is 32.0 Å². The van der Waals surface area contributed by atoms with E-state index in [-0.39, 0.29) is 11.6 Å². The number of nitrogens with one attached hydrogen (secondary N) is 2. The number of hydrogen-bond acceptors (Lipinski definition) is 4. The molecule has 0 saturated carbocycles. The molecular weight excluding hydrogens is 320 g/mol. The summed E-state index contributed by atoms with van der Waals surface area (Å²) in [6.07, 6.45) is 3.00. The summed E-state index contributed by atoms with van der Waals surface area (Å²) >= 11 is 3.40.